The summed E-state index contributed by atoms with van der Waals surface area (Å²) in [7, 11) is 3.89. The van der Waals surface area contributed by atoms with E-state index in [1.54, 1.807) is 0 Å². The van der Waals surface area contributed by atoms with Crippen molar-refractivity contribution in [1.82, 2.24) is 14.9 Å². The quantitative estimate of drug-likeness (QED) is 0.675. The fourth-order valence-electron chi connectivity index (χ4n) is 2.24. The van der Waals surface area contributed by atoms with E-state index in [0.29, 0.717) is 13.1 Å². The number of aryl methyl sites for hydroxylation is 1. The molecule has 3 N–H and O–H groups in total. The average Bonchev–Trinajstić information content (AvgIpc) is 2.38. The van der Waals surface area contributed by atoms with Crippen LogP contribution in [0.5, 0.6) is 0 Å². The second-order valence-electron chi connectivity index (χ2n) is 5.93. The van der Waals surface area contributed by atoms with Crippen LogP contribution in [0, 0.1) is 6.92 Å². The van der Waals surface area contributed by atoms with Crippen LogP contribution in [0.3, 0.4) is 0 Å². The maximum atomic E-state index is 10.4. The molecule has 0 radical (unpaired) electrons. The van der Waals surface area contributed by atoms with Gasteiger partial charge in [-0.25, -0.2) is 9.97 Å². The molecule has 1 rings (SSSR count). The maximum absolute atomic E-state index is 10.4. The molecule has 0 fully saturated rings. The SMILES string of the molecule is CCNc1nc(CC)nc(NCC(C)(O)CN(C)C)c1C. The fourth-order valence-corrected chi connectivity index (χ4v) is 2.24. The van der Waals surface area contributed by atoms with E-state index in [1.165, 1.54) is 0 Å². The van der Waals surface area contributed by atoms with Crippen molar-refractivity contribution in [3.8, 4) is 0 Å². The molecule has 0 aromatic carbocycles. The zero-order valence-corrected chi connectivity index (χ0v) is 14.1. The Hall–Kier alpha value is -1.40. The monoisotopic (exact) mass is 295 g/mol. The highest BCUT2D eigenvalue weighted by Crippen LogP contribution is 2.21. The largest absolute Gasteiger partial charge is 0.387 e. The Bertz CT molecular complexity index is 460. The Balaban J connectivity index is 2.89. The molecule has 1 aromatic heterocycles. The molecule has 6 nitrogen and oxygen atoms in total. The molecule has 0 saturated carbocycles. The Morgan fingerprint density at radius 2 is 1.71 bits per heavy atom. The summed E-state index contributed by atoms with van der Waals surface area (Å²) in [5.74, 6) is 2.45. The molecule has 1 unspecified atom stereocenters. The van der Waals surface area contributed by atoms with Crippen molar-refractivity contribution in [3.05, 3.63) is 11.4 Å². The molecular weight excluding hydrogens is 266 g/mol. The molecule has 0 amide bonds. The first-order valence-corrected chi connectivity index (χ1v) is 7.51. The second-order valence-corrected chi connectivity index (χ2v) is 5.93. The minimum Gasteiger partial charge on any atom is -0.387 e. The Labute approximate surface area is 128 Å². The van der Waals surface area contributed by atoms with E-state index in [-0.39, 0.29) is 0 Å². The van der Waals surface area contributed by atoms with Gasteiger partial charge >= 0.3 is 0 Å². The molecule has 21 heavy (non-hydrogen) atoms. The van der Waals surface area contributed by atoms with E-state index < -0.39 is 5.60 Å². The highest BCUT2D eigenvalue weighted by Gasteiger charge is 2.22. The summed E-state index contributed by atoms with van der Waals surface area (Å²) in [6.45, 7) is 9.73. The summed E-state index contributed by atoms with van der Waals surface area (Å²) in [5.41, 5.74) is 0.167. The topological polar surface area (TPSA) is 73.3 Å². The number of aromatic nitrogens is 2. The van der Waals surface area contributed by atoms with E-state index in [2.05, 4.69) is 20.6 Å². The lowest BCUT2D eigenvalue weighted by atomic mass is 10.1. The van der Waals surface area contributed by atoms with Gasteiger partial charge in [-0.3, -0.25) is 0 Å². The van der Waals surface area contributed by atoms with Gasteiger partial charge in [-0.1, -0.05) is 6.92 Å². The summed E-state index contributed by atoms with van der Waals surface area (Å²) in [6.07, 6.45) is 0.779. The van der Waals surface area contributed by atoms with Gasteiger partial charge in [-0.2, -0.15) is 0 Å². The number of anilines is 2. The van der Waals surface area contributed by atoms with Crippen molar-refractivity contribution in [2.45, 2.75) is 39.7 Å². The van der Waals surface area contributed by atoms with E-state index in [9.17, 15) is 5.11 Å². The zero-order chi connectivity index (χ0) is 16.0. The van der Waals surface area contributed by atoms with E-state index in [4.69, 9.17) is 0 Å². The molecular formula is C15H29N5O. The first kappa shape index (κ1) is 17.7. The van der Waals surface area contributed by atoms with Gasteiger partial charge < -0.3 is 20.6 Å². The predicted octanol–water partition coefficient (Wildman–Crippen LogP) is 1.50. The molecule has 120 valence electrons. The smallest absolute Gasteiger partial charge is 0.134 e. The van der Waals surface area contributed by atoms with Crippen LogP contribution in [0.4, 0.5) is 11.6 Å². The van der Waals surface area contributed by atoms with Crippen molar-refractivity contribution in [2.75, 3.05) is 44.4 Å². The van der Waals surface area contributed by atoms with Crippen LogP contribution in [0.25, 0.3) is 0 Å². The summed E-state index contributed by atoms with van der Waals surface area (Å²) in [5, 5.41) is 16.9. The number of nitrogens with one attached hydrogen (secondary N) is 2. The third kappa shape index (κ3) is 5.47. The number of rotatable bonds is 8. The van der Waals surface area contributed by atoms with Crippen molar-refractivity contribution in [2.24, 2.45) is 0 Å². The molecule has 0 spiro atoms. The lowest BCUT2D eigenvalue weighted by Gasteiger charge is -2.27. The van der Waals surface area contributed by atoms with Gasteiger partial charge in [0.2, 0.25) is 0 Å². The van der Waals surface area contributed by atoms with Gasteiger partial charge in [0.05, 0.1) is 5.60 Å². The minimum absolute atomic E-state index is 0.442. The molecule has 0 aliphatic carbocycles. The number of aliphatic hydroxyl groups is 1. The first-order valence-electron chi connectivity index (χ1n) is 7.51. The molecule has 0 saturated heterocycles. The maximum Gasteiger partial charge on any atom is 0.134 e. The van der Waals surface area contributed by atoms with E-state index in [0.717, 1.165) is 36.0 Å². The normalized spacial score (nSPS) is 14.1. The molecule has 0 aliphatic heterocycles. The molecule has 1 heterocycles. The van der Waals surface area contributed by atoms with Crippen molar-refractivity contribution in [1.29, 1.82) is 0 Å². The Morgan fingerprint density at radius 3 is 2.19 bits per heavy atom. The summed E-state index contributed by atoms with van der Waals surface area (Å²) in [4.78, 5) is 11.0. The number of hydrogen-bond donors (Lipinski definition) is 3. The zero-order valence-electron chi connectivity index (χ0n) is 14.1. The molecule has 0 bridgehead atoms. The highest BCUT2D eigenvalue weighted by molar-refractivity contribution is 5.57. The van der Waals surface area contributed by atoms with Crippen LogP contribution in [0.1, 0.15) is 32.2 Å². The molecule has 1 atom stereocenters. The number of likely N-dealkylation sites (N-methyl/N-ethyl adjacent to an activating group) is 1. The minimum atomic E-state index is -0.814. The summed E-state index contributed by atoms with van der Waals surface area (Å²) < 4.78 is 0. The van der Waals surface area contributed by atoms with Crippen molar-refractivity contribution < 1.29 is 5.11 Å². The first-order chi connectivity index (χ1) is 9.79. The second kappa shape index (κ2) is 7.56. The predicted molar refractivity (Wildman–Crippen MR) is 88.0 cm³/mol. The van der Waals surface area contributed by atoms with Crippen molar-refractivity contribution in [3.63, 3.8) is 0 Å². The van der Waals surface area contributed by atoms with Gasteiger partial charge in [-0.05, 0) is 34.9 Å². The lowest BCUT2D eigenvalue weighted by Crippen LogP contribution is -2.43. The number of hydrogen-bond acceptors (Lipinski definition) is 6. The molecule has 6 heteroatoms. The van der Waals surface area contributed by atoms with Gasteiger partial charge in [0.1, 0.15) is 17.5 Å². The van der Waals surface area contributed by atoms with Gasteiger partial charge in [-0.15, -0.1) is 0 Å². The molecule has 1 aromatic rings. The number of nitrogens with zero attached hydrogens (tertiary/aromatic N) is 3. The average molecular weight is 295 g/mol. The van der Waals surface area contributed by atoms with Gasteiger partial charge in [0.25, 0.3) is 0 Å². The molecule has 0 aliphatic rings. The van der Waals surface area contributed by atoms with Crippen LogP contribution >= 0.6 is 0 Å². The third-order valence-electron chi connectivity index (χ3n) is 3.15. The highest BCUT2D eigenvalue weighted by atomic mass is 16.3. The fraction of sp³-hybridized carbons (Fsp3) is 0.733. The van der Waals surface area contributed by atoms with Gasteiger partial charge in [0.15, 0.2) is 0 Å². The summed E-state index contributed by atoms with van der Waals surface area (Å²) in [6, 6.07) is 0. The van der Waals surface area contributed by atoms with Crippen molar-refractivity contribution >= 4 is 11.6 Å². The van der Waals surface area contributed by atoms with E-state index in [1.807, 2.05) is 46.7 Å². The standard InChI is InChI=1S/C15H29N5O/c1-7-12-18-13(16-8-2)11(3)14(19-12)17-9-15(4,21)10-20(5)6/h21H,7-10H2,1-6H3,(H2,16,17,18,19). The lowest BCUT2D eigenvalue weighted by molar-refractivity contribution is 0.0459. The Morgan fingerprint density at radius 1 is 1.14 bits per heavy atom. The van der Waals surface area contributed by atoms with Gasteiger partial charge in [0, 0.05) is 31.6 Å². The summed E-state index contributed by atoms with van der Waals surface area (Å²) >= 11 is 0. The van der Waals surface area contributed by atoms with Crippen LogP contribution in [0.15, 0.2) is 0 Å². The van der Waals surface area contributed by atoms with Crippen LogP contribution < -0.4 is 10.6 Å². The van der Waals surface area contributed by atoms with Crippen LogP contribution in [0.2, 0.25) is 0 Å². The van der Waals surface area contributed by atoms with Crippen LogP contribution in [-0.4, -0.2) is 59.3 Å². The van der Waals surface area contributed by atoms with Crippen LogP contribution in [-0.2, 0) is 6.42 Å². The van der Waals surface area contributed by atoms with E-state index >= 15 is 0 Å². The third-order valence-corrected chi connectivity index (χ3v) is 3.15. The Kier molecular flexibility index (Phi) is 6.36.